The second kappa shape index (κ2) is 5.07. The fourth-order valence-corrected chi connectivity index (χ4v) is 1.92. The summed E-state index contributed by atoms with van der Waals surface area (Å²) in [4.78, 5) is 21.0. The largest absolute Gasteiger partial charge is 0.349 e. The number of anilines is 1. The Hall–Kier alpha value is -1.72. The van der Waals surface area contributed by atoms with Crippen LogP contribution in [0.4, 0.5) is 10.3 Å². The highest BCUT2D eigenvalue weighted by Gasteiger charge is 2.29. The van der Waals surface area contributed by atoms with Crippen LogP contribution < -0.4 is 5.32 Å². The van der Waals surface area contributed by atoms with E-state index in [1.165, 1.54) is 0 Å². The van der Waals surface area contributed by atoms with Crippen LogP contribution in [-0.4, -0.2) is 39.9 Å². The summed E-state index contributed by atoms with van der Waals surface area (Å²) in [7, 11) is 0. The van der Waals surface area contributed by atoms with Gasteiger partial charge in [0.05, 0.1) is 18.4 Å². The van der Waals surface area contributed by atoms with Gasteiger partial charge in [0, 0.05) is 19.5 Å². The zero-order chi connectivity index (χ0) is 12.3. The summed E-state index contributed by atoms with van der Waals surface area (Å²) >= 11 is 0. The van der Waals surface area contributed by atoms with E-state index in [0.717, 1.165) is 25.4 Å². The monoisotopic (exact) mass is 238 g/mol. The van der Waals surface area contributed by atoms with Crippen molar-refractivity contribution in [2.45, 2.75) is 25.8 Å². The van der Waals surface area contributed by atoms with Crippen LogP contribution in [0.25, 0.3) is 0 Å². The van der Waals surface area contributed by atoms with Crippen LogP contribution in [-0.2, 0) is 4.79 Å². The fourth-order valence-electron chi connectivity index (χ4n) is 1.92. The van der Waals surface area contributed by atoms with Crippen molar-refractivity contribution in [3.05, 3.63) is 18.2 Å². The van der Waals surface area contributed by atoms with Crippen molar-refractivity contribution in [1.29, 1.82) is 0 Å². The third-order valence-electron chi connectivity index (χ3n) is 2.66. The van der Waals surface area contributed by atoms with Gasteiger partial charge in [-0.2, -0.15) is 0 Å². The predicted molar refractivity (Wildman–Crippen MR) is 60.9 cm³/mol. The van der Waals surface area contributed by atoms with Gasteiger partial charge in [0.1, 0.15) is 0 Å². The highest BCUT2D eigenvalue weighted by molar-refractivity contribution is 5.79. The number of likely N-dealkylation sites (tertiary alicyclic amines) is 1. The molecule has 0 bridgehead atoms. The van der Waals surface area contributed by atoms with Crippen molar-refractivity contribution >= 4 is 11.9 Å². The first-order valence-electron chi connectivity index (χ1n) is 5.71. The molecule has 2 heterocycles. The summed E-state index contributed by atoms with van der Waals surface area (Å²) in [5.74, 6) is 0.0414. The SMILES string of the molecule is CCCN1CC(Nc2ncc(F)cn2)CC1=O. The first-order chi connectivity index (χ1) is 8.19. The lowest BCUT2D eigenvalue weighted by molar-refractivity contribution is -0.127. The number of carbonyl (C=O) groups is 1. The lowest BCUT2D eigenvalue weighted by Gasteiger charge is -2.15. The number of nitrogens with one attached hydrogen (secondary N) is 1. The minimum atomic E-state index is -0.467. The van der Waals surface area contributed by atoms with E-state index in [9.17, 15) is 9.18 Å². The molecule has 0 saturated carbocycles. The Kier molecular flexibility index (Phi) is 3.51. The van der Waals surface area contributed by atoms with Crippen LogP contribution in [0.3, 0.4) is 0 Å². The molecule has 1 aromatic heterocycles. The maximum absolute atomic E-state index is 12.6. The van der Waals surface area contributed by atoms with Gasteiger partial charge in [0.2, 0.25) is 11.9 Å². The fraction of sp³-hybridized carbons (Fsp3) is 0.545. The summed E-state index contributed by atoms with van der Waals surface area (Å²) in [5.41, 5.74) is 0. The van der Waals surface area contributed by atoms with Crippen LogP contribution in [0.5, 0.6) is 0 Å². The molecular weight excluding hydrogens is 223 g/mol. The Labute approximate surface area is 99.1 Å². The second-order valence-corrected chi connectivity index (χ2v) is 4.11. The molecule has 1 atom stereocenters. The maximum atomic E-state index is 12.6. The molecule has 6 heteroatoms. The Morgan fingerprint density at radius 1 is 1.53 bits per heavy atom. The van der Waals surface area contributed by atoms with Gasteiger partial charge >= 0.3 is 0 Å². The smallest absolute Gasteiger partial charge is 0.224 e. The Balaban J connectivity index is 1.93. The summed E-state index contributed by atoms with van der Waals surface area (Å²) in [5, 5.41) is 3.04. The van der Waals surface area contributed by atoms with Crippen molar-refractivity contribution in [3.8, 4) is 0 Å². The molecule has 1 fully saturated rings. The Morgan fingerprint density at radius 3 is 2.88 bits per heavy atom. The quantitative estimate of drug-likeness (QED) is 0.851. The van der Waals surface area contributed by atoms with Crippen molar-refractivity contribution in [2.24, 2.45) is 0 Å². The number of hydrogen-bond acceptors (Lipinski definition) is 4. The van der Waals surface area contributed by atoms with E-state index in [4.69, 9.17) is 0 Å². The molecule has 1 aliphatic heterocycles. The first kappa shape index (κ1) is 11.8. The van der Waals surface area contributed by atoms with Crippen LogP contribution in [0.15, 0.2) is 12.4 Å². The molecule has 0 aliphatic carbocycles. The highest BCUT2D eigenvalue weighted by Crippen LogP contribution is 2.14. The van der Waals surface area contributed by atoms with Gasteiger partial charge in [0.25, 0.3) is 0 Å². The topological polar surface area (TPSA) is 58.1 Å². The minimum Gasteiger partial charge on any atom is -0.349 e. The molecule has 17 heavy (non-hydrogen) atoms. The van der Waals surface area contributed by atoms with Crippen LogP contribution >= 0.6 is 0 Å². The van der Waals surface area contributed by atoms with E-state index in [2.05, 4.69) is 15.3 Å². The van der Waals surface area contributed by atoms with Gasteiger partial charge in [-0.05, 0) is 6.42 Å². The number of amides is 1. The van der Waals surface area contributed by atoms with E-state index in [0.29, 0.717) is 18.9 Å². The summed E-state index contributed by atoms with van der Waals surface area (Å²) < 4.78 is 12.6. The van der Waals surface area contributed by atoms with E-state index >= 15 is 0 Å². The third kappa shape index (κ3) is 2.89. The maximum Gasteiger partial charge on any atom is 0.224 e. The van der Waals surface area contributed by atoms with Crippen molar-refractivity contribution < 1.29 is 9.18 Å². The molecule has 0 spiro atoms. The molecule has 0 aromatic carbocycles. The summed E-state index contributed by atoms with van der Waals surface area (Å²) in [6.45, 7) is 3.48. The molecule has 1 aromatic rings. The van der Waals surface area contributed by atoms with Gasteiger partial charge in [-0.1, -0.05) is 6.92 Å². The molecule has 1 N–H and O–H groups in total. The van der Waals surface area contributed by atoms with Gasteiger partial charge in [-0.3, -0.25) is 4.79 Å². The molecule has 1 saturated heterocycles. The van der Waals surface area contributed by atoms with Gasteiger partial charge in [-0.25, -0.2) is 14.4 Å². The molecular formula is C11H15FN4O. The minimum absolute atomic E-state index is 0.0134. The van der Waals surface area contributed by atoms with E-state index in [1.54, 1.807) is 0 Å². The predicted octanol–water partition coefficient (Wildman–Crippen LogP) is 1.04. The molecule has 1 amide bonds. The number of carbonyl (C=O) groups excluding carboxylic acids is 1. The van der Waals surface area contributed by atoms with Gasteiger partial charge in [0.15, 0.2) is 5.82 Å². The summed E-state index contributed by atoms with van der Waals surface area (Å²) in [6.07, 6.45) is 3.61. The van der Waals surface area contributed by atoms with E-state index in [-0.39, 0.29) is 11.9 Å². The van der Waals surface area contributed by atoms with Crippen LogP contribution in [0, 0.1) is 5.82 Å². The third-order valence-corrected chi connectivity index (χ3v) is 2.66. The zero-order valence-corrected chi connectivity index (χ0v) is 9.69. The number of hydrogen-bond donors (Lipinski definition) is 1. The lowest BCUT2D eigenvalue weighted by Crippen LogP contribution is -2.28. The summed E-state index contributed by atoms with van der Waals surface area (Å²) in [6, 6.07) is 0.0134. The average Bonchev–Trinajstić information content (AvgIpc) is 2.63. The Bertz CT molecular complexity index is 395. The number of rotatable bonds is 4. The molecule has 92 valence electrons. The molecule has 2 rings (SSSR count). The normalized spacial score (nSPS) is 19.8. The van der Waals surface area contributed by atoms with Crippen molar-refractivity contribution in [3.63, 3.8) is 0 Å². The lowest BCUT2D eigenvalue weighted by atomic mass is 10.3. The molecule has 1 unspecified atom stereocenters. The van der Waals surface area contributed by atoms with Crippen LogP contribution in [0.2, 0.25) is 0 Å². The van der Waals surface area contributed by atoms with Gasteiger partial charge in [-0.15, -0.1) is 0 Å². The van der Waals surface area contributed by atoms with E-state index in [1.807, 2.05) is 11.8 Å². The van der Waals surface area contributed by atoms with Gasteiger partial charge < -0.3 is 10.2 Å². The molecule has 5 nitrogen and oxygen atoms in total. The number of nitrogens with zero attached hydrogens (tertiary/aromatic N) is 3. The highest BCUT2D eigenvalue weighted by atomic mass is 19.1. The van der Waals surface area contributed by atoms with Crippen molar-refractivity contribution in [1.82, 2.24) is 14.9 Å². The number of halogens is 1. The standard InChI is InChI=1S/C11H15FN4O/c1-2-3-16-7-9(4-10(16)17)15-11-13-5-8(12)6-14-11/h5-6,9H,2-4,7H2,1H3,(H,13,14,15). The van der Waals surface area contributed by atoms with Crippen molar-refractivity contribution in [2.75, 3.05) is 18.4 Å². The first-order valence-corrected chi connectivity index (χ1v) is 5.71. The zero-order valence-electron chi connectivity index (χ0n) is 9.69. The molecule has 0 radical (unpaired) electrons. The molecule has 1 aliphatic rings. The number of aromatic nitrogens is 2. The van der Waals surface area contributed by atoms with Crippen LogP contribution in [0.1, 0.15) is 19.8 Å². The average molecular weight is 238 g/mol. The Morgan fingerprint density at radius 2 is 2.24 bits per heavy atom. The van der Waals surface area contributed by atoms with E-state index < -0.39 is 5.82 Å². The second-order valence-electron chi connectivity index (χ2n) is 4.11.